The van der Waals surface area contributed by atoms with E-state index in [4.69, 9.17) is 23.2 Å². The number of hydrogen-bond donors (Lipinski definition) is 1. The monoisotopic (exact) mass is 325 g/mol. The molecule has 0 spiro atoms. The number of carbonyl (C=O) groups excluding carboxylic acids is 1. The summed E-state index contributed by atoms with van der Waals surface area (Å²) in [6.07, 6.45) is 1.70. The predicted octanol–water partition coefficient (Wildman–Crippen LogP) is 4.26. The van der Waals surface area contributed by atoms with Crippen molar-refractivity contribution in [2.45, 2.75) is 6.92 Å². The number of anilines is 1. The topological polar surface area (TPSA) is 46.4 Å². The zero-order valence-corrected chi connectivity index (χ0v) is 12.7. The molecule has 1 N–H and O–H groups in total. The van der Waals surface area contributed by atoms with Crippen molar-refractivity contribution >= 4 is 51.1 Å². The van der Waals surface area contributed by atoms with E-state index in [-0.39, 0.29) is 5.91 Å². The van der Waals surface area contributed by atoms with Crippen molar-refractivity contribution < 1.29 is 4.79 Å². The Morgan fingerprint density at radius 2 is 2.20 bits per heavy atom. The van der Waals surface area contributed by atoms with Crippen molar-refractivity contribution in [1.29, 1.82) is 0 Å². The standard InChI is InChI=1S/C13H9Cl2N3OS/c1-7-6-20-13-17-11(5-18(7)13)12(19)16-10-4-8(14)2-3-9(10)15/h2-6H,1H3,(H,16,19). The average molecular weight is 326 g/mol. The first-order chi connectivity index (χ1) is 9.54. The van der Waals surface area contributed by atoms with Gasteiger partial charge in [0.25, 0.3) is 5.91 Å². The number of imidazole rings is 1. The molecule has 1 aromatic carbocycles. The minimum absolute atomic E-state index is 0.315. The number of rotatable bonds is 2. The van der Waals surface area contributed by atoms with Crippen molar-refractivity contribution in [3.8, 4) is 0 Å². The van der Waals surface area contributed by atoms with Crippen LogP contribution in [0.2, 0.25) is 10.0 Å². The van der Waals surface area contributed by atoms with Gasteiger partial charge in [0.05, 0.1) is 10.7 Å². The van der Waals surface area contributed by atoms with Crippen molar-refractivity contribution in [2.75, 3.05) is 5.32 Å². The normalized spacial score (nSPS) is 10.9. The summed E-state index contributed by atoms with van der Waals surface area (Å²) in [6.45, 7) is 1.96. The fourth-order valence-electron chi connectivity index (χ4n) is 1.78. The van der Waals surface area contributed by atoms with Crippen LogP contribution >= 0.6 is 34.5 Å². The highest BCUT2D eigenvalue weighted by molar-refractivity contribution is 7.15. The second-order valence-electron chi connectivity index (χ2n) is 4.23. The molecular formula is C13H9Cl2N3OS. The largest absolute Gasteiger partial charge is 0.319 e. The lowest BCUT2D eigenvalue weighted by Crippen LogP contribution is -2.12. The summed E-state index contributed by atoms with van der Waals surface area (Å²) >= 11 is 13.4. The zero-order valence-electron chi connectivity index (χ0n) is 10.4. The van der Waals surface area contributed by atoms with Crippen LogP contribution < -0.4 is 5.32 Å². The maximum atomic E-state index is 12.2. The molecule has 2 aromatic heterocycles. The summed E-state index contributed by atoms with van der Waals surface area (Å²) in [6, 6.07) is 4.90. The molecule has 0 atom stereocenters. The van der Waals surface area contributed by atoms with Crippen molar-refractivity contribution in [3.05, 3.63) is 51.2 Å². The summed E-state index contributed by atoms with van der Waals surface area (Å²) in [5, 5.41) is 5.63. The van der Waals surface area contributed by atoms with Gasteiger partial charge in [-0.2, -0.15) is 0 Å². The number of nitrogens with zero attached hydrogens (tertiary/aromatic N) is 2. The van der Waals surface area contributed by atoms with E-state index in [1.165, 1.54) is 11.3 Å². The number of aryl methyl sites for hydroxylation is 1. The van der Waals surface area contributed by atoms with Gasteiger partial charge in [0, 0.05) is 22.3 Å². The van der Waals surface area contributed by atoms with Crippen LogP contribution in [0, 0.1) is 6.92 Å². The van der Waals surface area contributed by atoms with E-state index in [2.05, 4.69) is 10.3 Å². The number of amides is 1. The van der Waals surface area contributed by atoms with Crippen LogP contribution in [-0.4, -0.2) is 15.3 Å². The van der Waals surface area contributed by atoms with Gasteiger partial charge < -0.3 is 5.32 Å². The third-order valence-corrected chi connectivity index (χ3v) is 4.32. The van der Waals surface area contributed by atoms with Gasteiger partial charge in [0.15, 0.2) is 4.96 Å². The Labute approximate surface area is 129 Å². The van der Waals surface area contributed by atoms with E-state index < -0.39 is 0 Å². The van der Waals surface area contributed by atoms with Gasteiger partial charge in [-0.15, -0.1) is 11.3 Å². The van der Waals surface area contributed by atoms with Gasteiger partial charge in [-0.3, -0.25) is 9.20 Å². The average Bonchev–Trinajstić information content (AvgIpc) is 2.97. The van der Waals surface area contributed by atoms with Gasteiger partial charge >= 0.3 is 0 Å². The van der Waals surface area contributed by atoms with E-state index in [0.717, 1.165) is 10.7 Å². The molecule has 0 radical (unpaired) electrons. The molecule has 0 fully saturated rings. The quantitative estimate of drug-likeness (QED) is 0.765. The number of nitrogens with one attached hydrogen (secondary N) is 1. The molecule has 0 saturated carbocycles. The highest BCUT2D eigenvalue weighted by Gasteiger charge is 2.14. The van der Waals surface area contributed by atoms with Gasteiger partial charge in [-0.05, 0) is 25.1 Å². The molecule has 7 heteroatoms. The van der Waals surface area contributed by atoms with Crippen LogP contribution in [0.3, 0.4) is 0 Å². The summed E-state index contributed by atoms with van der Waals surface area (Å²) in [7, 11) is 0. The van der Waals surface area contributed by atoms with Gasteiger partial charge in [-0.1, -0.05) is 23.2 Å². The first kappa shape index (κ1) is 13.4. The molecule has 0 unspecified atom stereocenters. The lowest BCUT2D eigenvalue weighted by molar-refractivity contribution is 0.102. The Balaban J connectivity index is 1.90. The maximum Gasteiger partial charge on any atom is 0.275 e. The zero-order chi connectivity index (χ0) is 14.3. The number of thiazole rings is 1. The molecule has 0 saturated heterocycles. The Kier molecular flexibility index (Phi) is 3.41. The van der Waals surface area contributed by atoms with Gasteiger partial charge in [0.2, 0.25) is 0 Å². The summed E-state index contributed by atoms with van der Waals surface area (Å²) in [5.74, 6) is -0.315. The molecule has 3 aromatic rings. The van der Waals surface area contributed by atoms with E-state index in [9.17, 15) is 4.79 Å². The van der Waals surface area contributed by atoms with Crippen molar-refractivity contribution in [1.82, 2.24) is 9.38 Å². The van der Waals surface area contributed by atoms with Gasteiger partial charge in [0.1, 0.15) is 5.69 Å². The molecule has 0 aliphatic carbocycles. The first-order valence-electron chi connectivity index (χ1n) is 5.74. The fourth-order valence-corrected chi connectivity index (χ4v) is 2.97. The first-order valence-corrected chi connectivity index (χ1v) is 7.38. The van der Waals surface area contributed by atoms with Crippen LogP contribution in [0.1, 0.15) is 16.2 Å². The lowest BCUT2D eigenvalue weighted by atomic mass is 10.3. The highest BCUT2D eigenvalue weighted by atomic mass is 35.5. The van der Waals surface area contributed by atoms with Crippen LogP contribution in [0.5, 0.6) is 0 Å². The minimum atomic E-state index is -0.315. The van der Waals surface area contributed by atoms with Crippen molar-refractivity contribution in [2.24, 2.45) is 0 Å². The summed E-state index contributed by atoms with van der Waals surface area (Å²) < 4.78 is 1.87. The van der Waals surface area contributed by atoms with Crippen LogP contribution in [0.15, 0.2) is 29.8 Å². The Bertz CT molecular complexity index is 809. The maximum absolute atomic E-state index is 12.2. The summed E-state index contributed by atoms with van der Waals surface area (Å²) in [4.78, 5) is 17.2. The smallest absolute Gasteiger partial charge is 0.275 e. The Morgan fingerprint density at radius 1 is 1.40 bits per heavy atom. The van der Waals surface area contributed by atoms with E-state index in [1.807, 2.05) is 16.7 Å². The van der Waals surface area contributed by atoms with Crippen molar-refractivity contribution in [3.63, 3.8) is 0 Å². The highest BCUT2D eigenvalue weighted by Crippen LogP contribution is 2.26. The second-order valence-corrected chi connectivity index (χ2v) is 5.91. The molecule has 3 rings (SSSR count). The molecule has 0 bridgehead atoms. The number of aromatic nitrogens is 2. The Hall–Kier alpha value is -1.56. The molecule has 20 heavy (non-hydrogen) atoms. The number of hydrogen-bond acceptors (Lipinski definition) is 3. The molecule has 0 aliphatic heterocycles. The fraction of sp³-hybridized carbons (Fsp3) is 0.0769. The number of halogens is 2. The molecule has 4 nitrogen and oxygen atoms in total. The van der Waals surface area contributed by atoms with Gasteiger partial charge in [-0.25, -0.2) is 4.98 Å². The third kappa shape index (κ3) is 2.40. The number of benzene rings is 1. The SMILES string of the molecule is Cc1csc2nc(C(=O)Nc3cc(Cl)ccc3Cl)cn12. The third-order valence-electron chi connectivity index (χ3n) is 2.80. The van der Waals surface area contributed by atoms with Crippen LogP contribution in [0.4, 0.5) is 5.69 Å². The minimum Gasteiger partial charge on any atom is -0.319 e. The lowest BCUT2D eigenvalue weighted by Gasteiger charge is -2.05. The van der Waals surface area contributed by atoms with E-state index >= 15 is 0 Å². The molecular weight excluding hydrogens is 317 g/mol. The predicted molar refractivity (Wildman–Crippen MR) is 82.2 cm³/mol. The molecule has 1 amide bonds. The number of fused-ring (bicyclic) bond motifs is 1. The van der Waals surface area contributed by atoms with E-state index in [0.29, 0.717) is 21.4 Å². The molecule has 2 heterocycles. The van der Waals surface area contributed by atoms with Crippen LogP contribution in [0.25, 0.3) is 4.96 Å². The van der Waals surface area contributed by atoms with Crippen LogP contribution in [-0.2, 0) is 0 Å². The molecule has 102 valence electrons. The Morgan fingerprint density at radius 3 is 2.95 bits per heavy atom. The van der Waals surface area contributed by atoms with E-state index in [1.54, 1.807) is 24.4 Å². The second kappa shape index (κ2) is 5.09. The number of carbonyl (C=O) groups is 1. The summed E-state index contributed by atoms with van der Waals surface area (Å²) in [5.41, 5.74) is 1.85. The molecule has 0 aliphatic rings.